The van der Waals surface area contributed by atoms with Crippen LogP contribution in [-0.4, -0.2) is 46.9 Å². The molecule has 0 spiro atoms. The van der Waals surface area contributed by atoms with Crippen molar-refractivity contribution in [1.29, 1.82) is 0 Å². The van der Waals surface area contributed by atoms with Gasteiger partial charge >= 0.3 is 6.03 Å². The van der Waals surface area contributed by atoms with Crippen molar-refractivity contribution < 1.29 is 19.1 Å². The Hall–Kier alpha value is -0.950. The highest BCUT2D eigenvalue weighted by Gasteiger charge is 2.36. The highest BCUT2D eigenvalue weighted by Crippen LogP contribution is 2.15. The van der Waals surface area contributed by atoms with E-state index in [0.717, 1.165) is 8.83 Å². The average Bonchev–Trinajstić information content (AvgIpc) is 2.14. The molecule has 0 aliphatic carbocycles. The predicted octanol–water partition coefficient (Wildman–Crippen LogP) is 0.124. The predicted molar refractivity (Wildman–Crippen MR) is 49.4 cm³/mol. The number of imide groups is 2. The summed E-state index contributed by atoms with van der Waals surface area (Å²) in [6, 6.07) is -0.664. The Labute approximate surface area is 89.1 Å². The van der Waals surface area contributed by atoms with E-state index in [1.54, 1.807) is 0 Å². The van der Waals surface area contributed by atoms with Crippen LogP contribution in [0.2, 0.25) is 0 Å². The molecule has 0 unspecified atom stereocenters. The summed E-state index contributed by atoms with van der Waals surface area (Å²) in [5.74, 6) is -1.04. The van der Waals surface area contributed by atoms with E-state index in [-0.39, 0.29) is 19.6 Å². The lowest BCUT2D eigenvalue weighted by Crippen LogP contribution is -2.51. The summed E-state index contributed by atoms with van der Waals surface area (Å²) in [4.78, 5) is 34.6. The molecule has 0 bridgehead atoms. The number of carbonyl (C=O) groups excluding carboxylic acids is 3. The first-order valence-electron chi connectivity index (χ1n) is 3.90. The molecule has 4 amide bonds. The zero-order chi connectivity index (χ0) is 10.7. The van der Waals surface area contributed by atoms with E-state index >= 15 is 0 Å². The van der Waals surface area contributed by atoms with Crippen LogP contribution in [0, 0.1) is 0 Å². The van der Waals surface area contributed by atoms with Crippen LogP contribution in [0.3, 0.4) is 0 Å². The number of ether oxygens (including phenoxy) is 1. The number of barbiturate groups is 1. The van der Waals surface area contributed by atoms with E-state index in [4.69, 9.17) is 4.74 Å². The van der Waals surface area contributed by atoms with E-state index in [1.165, 1.54) is 7.11 Å². The Bertz CT molecular complexity index is 281. The fourth-order valence-corrected chi connectivity index (χ4v) is 1.33. The highest BCUT2D eigenvalue weighted by atomic mass is 79.9. The van der Waals surface area contributed by atoms with Gasteiger partial charge in [-0.05, 0) is 0 Å². The van der Waals surface area contributed by atoms with Crippen molar-refractivity contribution in [3.63, 3.8) is 0 Å². The van der Waals surface area contributed by atoms with Gasteiger partial charge in [0.2, 0.25) is 11.8 Å². The molecule has 1 fully saturated rings. The molecule has 0 aromatic heterocycles. The number of amides is 4. The van der Waals surface area contributed by atoms with Gasteiger partial charge < -0.3 is 4.74 Å². The highest BCUT2D eigenvalue weighted by molar-refractivity contribution is 9.08. The minimum Gasteiger partial charge on any atom is -0.383 e. The third-order valence-corrected chi connectivity index (χ3v) is 2.44. The van der Waals surface area contributed by atoms with E-state index in [9.17, 15) is 14.4 Å². The van der Waals surface area contributed by atoms with Crippen LogP contribution in [0.15, 0.2) is 0 Å². The normalized spacial score (nSPS) is 18.0. The summed E-state index contributed by atoms with van der Waals surface area (Å²) in [6.45, 7) is 0.413. The van der Waals surface area contributed by atoms with Crippen molar-refractivity contribution >= 4 is 34.0 Å². The van der Waals surface area contributed by atoms with Gasteiger partial charge in [-0.1, -0.05) is 0 Å². The third-order valence-electron chi connectivity index (χ3n) is 1.74. The lowest BCUT2D eigenvalue weighted by atomic mass is 10.3. The summed E-state index contributed by atoms with van der Waals surface area (Å²) >= 11 is 2.78. The Balaban J connectivity index is 2.69. The van der Waals surface area contributed by atoms with Gasteiger partial charge in [0.1, 0.15) is 6.42 Å². The Morgan fingerprint density at radius 3 is 2.57 bits per heavy atom. The molecule has 6 nitrogen and oxygen atoms in total. The summed E-state index contributed by atoms with van der Waals surface area (Å²) in [6.07, 6.45) is -0.291. The van der Waals surface area contributed by atoms with E-state index in [0.29, 0.717) is 0 Å². The van der Waals surface area contributed by atoms with Gasteiger partial charge in [-0.15, -0.1) is 0 Å². The van der Waals surface area contributed by atoms with Gasteiger partial charge in [0.25, 0.3) is 0 Å². The summed E-state index contributed by atoms with van der Waals surface area (Å²) in [7, 11) is 1.47. The zero-order valence-electron chi connectivity index (χ0n) is 7.53. The van der Waals surface area contributed by atoms with Gasteiger partial charge in [0.05, 0.1) is 29.3 Å². The maximum atomic E-state index is 11.4. The number of hydrogen-bond donors (Lipinski definition) is 0. The molecular formula is C7H9BrN2O4. The summed E-state index contributed by atoms with van der Waals surface area (Å²) in [5, 5.41) is 0. The monoisotopic (exact) mass is 264 g/mol. The minimum absolute atomic E-state index is 0.156. The Kier molecular flexibility index (Phi) is 3.59. The molecule has 0 N–H and O–H groups in total. The average molecular weight is 265 g/mol. The molecule has 78 valence electrons. The first-order valence-corrected chi connectivity index (χ1v) is 4.61. The largest absolute Gasteiger partial charge is 0.383 e. The SMILES string of the molecule is COCCN1C(=O)CC(=O)N(Br)C1=O. The van der Waals surface area contributed by atoms with Gasteiger partial charge in [-0.3, -0.25) is 14.5 Å². The molecule has 0 atom stereocenters. The molecule has 1 aliphatic rings. The number of halogens is 1. The fourth-order valence-electron chi connectivity index (χ4n) is 1.02. The van der Waals surface area contributed by atoms with Crippen molar-refractivity contribution in [2.75, 3.05) is 20.3 Å². The molecule has 1 saturated heterocycles. The van der Waals surface area contributed by atoms with E-state index < -0.39 is 17.8 Å². The number of rotatable bonds is 3. The van der Waals surface area contributed by atoms with E-state index in [1.807, 2.05) is 0 Å². The van der Waals surface area contributed by atoms with Crippen molar-refractivity contribution in [3.8, 4) is 0 Å². The van der Waals surface area contributed by atoms with Crippen LogP contribution in [0.1, 0.15) is 6.42 Å². The minimum atomic E-state index is -0.664. The molecule has 14 heavy (non-hydrogen) atoms. The number of hydrogen-bond acceptors (Lipinski definition) is 4. The standard InChI is InChI=1S/C7H9BrN2O4/c1-14-3-2-9-5(11)4-6(12)10(8)7(9)13/h2-4H2,1H3. The number of carbonyl (C=O) groups is 3. The maximum Gasteiger partial charge on any atom is 0.343 e. The second-order valence-corrected chi connectivity index (χ2v) is 3.38. The van der Waals surface area contributed by atoms with Crippen LogP contribution in [-0.2, 0) is 14.3 Å². The molecular weight excluding hydrogens is 256 g/mol. The number of urea groups is 1. The third kappa shape index (κ3) is 2.10. The number of nitrogens with zero attached hydrogens (tertiary/aromatic N) is 2. The van der Waals surface area contributed by atoms with Gasteiger partial charge in [0, 0.05) is 7.11 Å². The maximum absolute atomic E-state index is 11.4. The van der Waals surface area contributed by atoms with Crippen LogP contribution in [0.4, 0.5) is 4.79 Å². The summed E-state index contributed by atoms with van der Waals surface area (Å²) in [5.41, 5.74) is 0. The quantitative estimate of drug-likeness (QED) is 0.537. The van der Waals surface area contributed by atoms with Crippen molar-refractivity contribution in [2.24, 2.45) is 0 Å². The second kappa shape index (κ2) is 4.52. The molecule has 0 radical (unpaired) electrons. The topological polar surface area (TPSA) is 66.9 Å². The van der Waals surface area contributed by atoms with Crippen LogP contribution >= 0.6 is 16.1 Å². The first kappa shape index (κ1) is 11.1. The Morgan fingerprint density at radius 1 is 1.36 bits per heavy atom. The van der Waals surface area contributed by atoms with Crippen LogP contribution < -0.4 is 0 Å². The fraction of sp³-hybridized carbons (Fsp3) is 0.571. The Morgan fingerprint density at radius 2 is 2.00 bits per heavy atom. The lowest BCUT2D eigenvalue weighted by molar-refractivity contribution is -0.139. The van der Waals surface area contributed by atoms with Crippen LogP contribution in [0.5, 0.6) is 0 Å². The second-order valence-electron chi connectivity index (χ2n) is 2.67. The van der Waals surface area contributed by atoms with Crippen LogP contribution in [0.25, 0.3) is 0 Å². The van der Waals surface area contributed by atoms with Gasteiger partial charge in [-0.2, -0.15) is 3.93 Å². The number of methoxy groups -OCH3 is 1. The first-order chi connectivity index (χ1) is 6.57. The van der Waals surface area contributed by atoms with Gasteiger partial charge in [0.15, 0.2) is 0 Å². The molecule has 1 aliphatic heterocycles. The lowest BCUT2D eigenvalue weighted by Gasteiger charge is -2.28. The molecule has 0 saturated carbocycles. The smallest absolute Gasteiger partial charge is 0.343 e. The molecule has 1 heterocycles. The molecule has 0 aromatic carbocycles. The van der Waals surface area contributed by atoms with Gasteiger partial charge in [-0.25, -0.2) is 4.79 Å². The van der Waals surface area contributed by atoms with Crippen molar-refractivity contribution in [3.05, 3.63) is 0 Å². The van der Waals surface area contributed by atoms with Crippen molar-refractivity contribution in [1.82, 2.24) is 8.83 Å². The summed E-state index contributed by atoms with van der Waals surface area (Å²) < 4.78 is 5.49. The molecule has 7 heteroatoms. The molecule has 0 aromatic rings. The van der Waals surface area contributed by atoms with Crippen molar-refractivity contribution in [2.45, 2.75) is 6.42 Å². The van der Waals surface area contributed by atoms with E-state index in [2.05, 4.69) is 16.1 Å². The zero-order valence-corrected chi connectivity index (χ0v) is 9.11. The molecule has 1 rings (SSSR count).